The fourth-order valence-corrected chi connectivity index (χ4v) is 4.18. The highest BCUT2D eigenvalue weighted by Crippen LogP contribution is 2.34. The van der Waals surface area contributed by atoms with Crippen LogP contribution in [0.15, 0.2) is 48.5 Å². The third-order valence-corrected chi connectivity index (χ3v) is 5.18. The van der Waals surface area contributed by atoms with Gasteiger partial charge in [0.1, 0.15) is 0 Å². The quantitative estimate of drug-likeness (QED) is 0.451. The van der Waals surface area contributed by atoms with Gasteiger partial charge in [-0.3, -0.25) is 0 Å². The first-order chi connectivity index (χ1) is 9.22. The molecule has 0 fully saturated rings. The van der Waals surface area contributed by atoms with Gasteiger partial charge in [-0.15, -0.1) is 0 Å². The summed E-state index contributed by atoms with van der Waals surface area (Å²) in [5.74, 6) is 0. The minimum atomic E-state index is 1.10. The lowest BCUT2D eigenvalue weighted by Gasteiger charge is -1.95. The molecule has 2 aromatic carbocycles. The van der Waals surface area contributed by atoms with Crippen molar-refractivity contribution in [2.24, 2.45) is 0 Å². The minimum Gasteiger partial charge on any atom is -0.175 e. The smallest absolute Gasteiger partial charge is 0.175 e. The molecular formula is C16H14NS2+. The molecule has 0 aliphatic carbocycles. The number of aromatic nitrogens is 1. The predicted molar refractivity (Wildman–Crippen MR) is 84.7 cm³/mol. The first-order valence-corrected chi connectivity index (χ1v) is 8.31. The molecule has 0 N–H and O–H groups in total. The molecule has 1 nitrogen and oxygen atoms in total. The Morgan fingerprint density at radius 2 is 1.53 bits per heavy atom. The highest BCUT2D eigenvalue weighted by atomic mass is 32.9. The van der Waals surface area contributed by atoms with Crippen LogP contribution in [-0.2, 0) is 0 Å². The molecule has 0 aliphatic heterocycles. The van der Waals surface area contributed by atoms with E-state index in [1.54, 1.807) is 20.7 Å². The molecule has 0 radical (unpaired) electrons. The van der Waals surface area contributed by atoms with Crippen molar-refractivity contribution in [3.8, 4) is 21.1 Å². The molecule has 94 valence electrons. The molecule has 0 unspecified atom stereocenters. The Kier molecular flexibility index (Phi) is 3.40. The number of nitrogens with zero attached hydrogens (tertiary/aromatic N) is 1. The number of aryl methyl sites for hydroxylation is 2. The van der Waals surface area contributed by atoms with Gasteiger partial charge in [-0.25, -0.2) is 0 Å². The van der Waals surface area contributed by atoms with E-state index in [0.717, 1.165) is 10.0 Å². The lowest BCUT2D eigenvalue weighted by molar-refractivity contribution is 1.39. The predicted octanol–water partition coefficient (Wildman–Crippen LogP) is 5.44. The Labute approximate surface area is 120 Å². The number of hydrogen-bond acceptors (Lipinski definition) is 2. The molecule has 19 heavy (non-hydrogen) atoms. The maximum absolute atomic E-state index is 4.77. The summed E-state index contributed by atoms with van der Waals surface area (Å²) in [6, 6.07) is 17.0. The van der Waals surface area contributed by atoms with Crippen LogP contribution in [0.25, 0.3) is 21.1 Å². The van der Waals surface area contributed by atoms with Gasteiger partial charge in [-0.05, 0) is 32.0 Å². The SMILES string of the molecule is Cc1cccc(-c2nc(-c3cccc(C)c3)[s+]s2)c1. The van der Waals surface area contributed by atoms with Gasteiger partial charge in [-0.2, -0.15) is 4.98 Å². The summed E-state index contributed by atoms with van der Waals surface area (Å²) in [4.78, 5) is 4.77. The third-order valence-electron chi connectivity index (χ3n) is 2.93. The van der Waals surface area contributed by atoms with Gasteiger partial charge in [0.25, 0.3) is 0 Å². The number of rotatable bonds is 2. The van der Waals surface area contributed by atoms with E-state index in [1.807, 2.05) is 0 Å². The molecule has 3 rings (SSSR count). The maximum Gasteiger partial charge on any atom is 0.348 e. The van der Waals surface area contributed by atoms with Crippen LogP contribution in [0.2, 0.25) is 0 Å². The topological polar surface area (TPSA) is 12.9 Å². The van der Waals surface area contributed by atoms with Gasteiger partial charge in [0.05, 0.1) is 5.56 Å². The molecule has 3 heteroatoms. The monoisotopic (exact) mass is 284 g/mol. The van der Waals surface area contributed by atoms with Crippen molar-refractivity contribution in [2.45, 2.75) is 13.8 Å². The molecule has 0 saturated heterocycles. The van der Waals surface area contributed by atoms with Crippen molar-refractivity contribution < 1.29 is 0 Å². The maximum atomic E-state index is 4.77. The summed E-state index contributed by atoms with van der Waals surface area (Å²) >= 11 is 0. The standard InChI is InChI=1S/C16H14NS2/c1-11-5-3-7-13(9-11)15-17-16(19-18-15)14-8-4-6-12(2)10-14/h3-10H,1-2H3/q+1. The van der Waals surface area contributed by atoms with Crippen LogP contribution in [0.4, 0.5) is 0 Å². The Balaban J connectivity index is 2.00. The van der Waals surface area contributed by atoms with Gasteiger partial charge in [0.15, 0.2) is 15.3 Å². The zero-order valence-corrected chi connectivity index (χ0v) is 12.5. The average Bonchev–Trinajstić information content (AvgIpc) is 2.88. The second kappa shape index (κ2) is 5.19. The Morgan fingerprint density at radius 3 is 2.21 bits per heavy atom. The van der Waals surface area contributed by atoms with E-state index in [9.17, 15) is 0 Å². The Morgan fingerprint density at radius 1 is 0.895 bits per heavy atom. The first kappa shape index (κ1) is 12.5. The summed E-state index contributed by atoms with van der Waals surface area (Å²) in [5, 5.41) is 2.20. The van der Waals surface area contributed by atoms with Crippen LogP contribution in [0, 0.1) is 13.8 Å². The summed E-state index contributed by atoms with van der Waals surface area (Å²) in [5.41, 5.74) is 4.96. The molecule has 0 aliphatic rings. The van der Waals surface area contributed by atoms with Crippen molar-refractivity contribution >= 4 is 20.7 Å². The minimum absolute atomic E-state index is 1.10. The van der Waals surface area contributed by atoms with E-state index in [4.69, 9.17) is 4.98 Å². The molecule has 0 saturated carbocycles. The van der Waals surface area contributed by atoms with E-state index in [0.29, 0.717) is 0 Å². The zero-order valence-electron chi connectivity index (χ0n) is 10.9. The summed E-state index contributed by atoms with van der Waals surface area (Å²) in [6.07, 6.45) is 0. The van der Waals surface area contributed by atoms with Crippen LogP contribution in [-0.4, -0.2) is 4.98 Å². The van der Waals surface area contributed by atoms with Gasteiger partial charge >= 0.3 is 15.3 Å². The van der Waals surface area contributed by atoms with Crippen molar-refractivity contribution in [3.63, 3.8) is 0 Å². The second-order valence-electron chi connectivity index (χ2n) is 4.63. The molecule has 3 aromatic rings. The van der Waals surface area contributed by atoms with Gasteiger partial charge in [-0.1, -0.05) is 41.5 Å². The lowest BCUT2D eigenvalue weighted by atomic mass is 10.1. The normalized spacial score (nSPS) is 10.6. The van der Waals surface area contributed by atoms with Crippen molar-refractivity contribution in [1.82, 2.24) is 4.98 Å². The highest BCUT2D eigenvalue weighted by Gasteiger charge is 2.19. The lowest BCUT2D eigenvalue weighted by Crippen LogP contribution is -1.81. The van der Waals surface area contributed by atoms with Gasteiger partial charge < -0.3 is 0 Å². The third kappa shape index (κ3) is 2.72. The van der Waals surface area contributed by atoms with Gasteiger partial charge in [0, 0.05) is 5.56 Å². The van der Waals surface area contributed by atoms with E-state index in [-0.39, 0.29) is 0 Å². The van der Waals surface area contributed by atoms with Crippen LogP contribution in [0.5, 0.6) is 0 Å². The first-order valence-electron chi connectivity index (χ1n) is 6.16. The van der Waals surface area contributed by atoms with Crippen LogP contribution in [0.1, 0.15) is 11.1 Å². The van der Waals surface area contributed by atoms with Crippen LogP contribution in [0.3, 0.4) is 0 Å². The van der Waals surface area contributed by atoms with Crippen LogP contribution >= 0.6 is 20.7 Å². The largest absolute Gasteiger partial charge is 0.348 e. The molecule has 0 amide bonds. The highest BCUT2D eigenvalue weighted by molar-refractivity contribution is 7.71. The Bertz CT molecular complexity index is 656. The molecule has 0 bridgehead atoms. The zero-order chi connectivity index (χ0) is 13.2. The fourth-order valence-electron chi connectivity index (χ4n) is 1.99. The van der Waals surface area contributed by atoms with E-state index >= 15 is 0 Å². The summed E-state index contributed by atoms with van der Waals surface area (Å²) in [7, 11) is 3.49. The average molecular weight is 284 g/mol. The van der Waals surface area contributed by atoms with Crippen LogP contribution < -0.4 is 0 Å². The molecule has 0 atom stereocenters. The van der Waals surface area contributed by atoms with Crippen molar-refractivity contribution in [3.05, 3.63) is 59.7 Å². The second-order valence-corrected chi connectivity index (χ2v) is 6.73. The van der Waals surface area contributed by atoms with E-state index in [1.165, 1.54) is 22.3 Å². The van der Waals surface area contributed by atoms with Crippen molar-refractivity contribution in [2.75, 3.05) is 0 Å². The summed E-state index contributed by atoms with van der Waals surface area (Å²) in [6.45, 7) is 4.23. The molecular weight excluding hydrogens is 270 g/mol. The van der Waals surface area contributed by atoms with Gasteiger partial charge in [0.2, 0.25) is 0 Å². The Hall–Kier alpha value is -1.58. The summed E-state index contributed by atoms with van der Waals surface area (Å²) < 4.78 is 0. The van der Waals surface area contributed by atoms with Crippen molar-refractivity contribution in [1.29, 1.82) is 0 Å². The number of benzene rings is 2. The number of hydrogen-bond donors (Lipinski definition) is 0. The molecule has 1 aromatic heterocycles. The molecule has 1 heterocycles. The van der Waals surface area contributed by atoms with E-state index in [2.05, 4.69) is 62.4 Å². The van der Waals surface area contributed by atoms with E-state index < -0.39 is 0 Å². The fraction of sp³-hybridized carbons (Fsp3) is 0.125. The molecule has 0 spiro atoms.